The minimum absolute atomic E-state index is 0.0637. The van der Waals surface area contributed by atoms with Gasteiger partial charge >= 0.3 is 0 Å². The topological polar surface area (TPSA) is 139 Å². The number of likely N-dealkylation sites (tertiary alicyclic amines) is 2. The van der Waals surface area contributed by atoms with Gasteiger partial charge in [0.1, 0.15) is 0 Å². The minimum atomic E-state index is -0.380. The van der Waals surface area contributed by atoms with Crippen LogP contribution in [0.5, 0.6) is 0 Å². The molecular weight excluding hydrogens is 757 g/mol. The quantitative estimate of drug-likeness (QED) is 0.148. The molecule has 0 radical (unpaired) electrons. The zero-order valence-corrected chi connectivity index (χ0v) is 34.6. The molecule has 0 aromatic heterocycles. The summed E-state index contributed by atoms with van der Waals surface area (Å²) in [4.78, 5) is 87.2. The zero-order chi connectivity index (χ0) is 41.6. The molecule has 0 atom stereocenters. The normalized spacial score (nSPS) is 20.1. The Labute approximate surface area is 352 Å². The van der Waals surface area contributed by atoms with Crippen molar-refractivity contribution in [3.05, 3.63) is 95.1 Å². The molecule has 4 heterocycles. The van der Waals surface area contributed by atoms with Crippen LogP contribution in [0, 0.1) is 23.7 Å². The van der Waals surface area contributed by atoms with Crippen molar-refractivity contribution in [2.45, 2.75) is 64.2 Å². The fraction of sp³-hybridized carbons (Fsp3) is 0.500. The number of rotatable bonds is 18. The van der Waals surface area contributed by atoms with Gasteiger partial charge in [0.15, 0.2) is 0 Å². The Kier molecular flexibility index (Phi) is 13.2. The van der Waals surface area contributed by atoms with Crippen LogP contribution in [0.3, 0.4) is 0 Å². The van der Waals surface area contributed by atoms with E-state index in [0.29, 0.717) is 83.9 Å². The summed E-state index contributed by atoms with van der Waals surface area (Å²) in [7, 11) is 0. The van der Waals surface area contributed by atoms with Gasteiger partial charge in [-0.1, -0.05) is 48.6 Å². The number of nitrogens with one attached hydrogen (secondary N) is 2. The van der Waals surface area contributed by atoms with Gasteiger partial charge in [-0.3, -0.25) is 38.6 Å². The third-order valence-electron chi connectivity index (χ3n) is 13.5. The Bertz CT molecular complexity index is 1880. The lowest BCUT2D eigenvalue weighted by atomic mass is 9.86. The fourth-order valence-corrected chi connectivity index (χ4v) is 9.94. The summed E-state index contributed by atoms with van der Waals surface area (Å²) in [6.07, 6.45) is 25.1. The Balaban J connectivity index is 0.770. The zero-order valence-electron chi connectivity index (χ0n) is 34.6. The minimum Gasteiger partial charge on any atom is -0.355 e. The van der Waals surface area contributed by atoms with Gasteiger partial charge in [-0.05, 0) is 140 Å². The molecule has 60 heavy (non-hydrogen) atoms. The standard InChI is InChI=1S/C48H58N6O6/c55-43(35-11-1-2-12-35)49-23-5-9-33-19-29-51(30-20-33)25-7-27-53-45(57)37-15-17-39-42-40(18-16-38(41(37)42)46(53)58)48(60)54(47(39)59)28-8-26-52-31-21-34(22-32-52)10-6-24-50-44(56)36-13-3-4-14-36/h1-4,11-18,33-36H,5-10,19-32H2,(H,49,55)(H,50,56). The molecule has 0 bridgehead atoms. The summed E-state index contributed by atoms with van der Waals surface area (Å²) in [6.45, 7) is 7.48. The molecule has 8 rings (SSSR count). The molecule has 2 aliphatic carbocycles. The third-order valence-corrected chi connectivity index (χ3v) is 13.5. The van der Waals surface area contributed by atoms with Gasteiger partial charge in [0.2, 0.25) is 11.8 Å². The number of carbonyl (C=O) groups excluding carboxylic acids is 6. The van der Waals surface area contributed by atoms with Gasteiger partial charge in [0, 0.05) is 59.2 Å². The van der Waals surface area contributed by atoms with Crippen LogP contribution < -0.4 is 10.6 Å². The molecule has 0 saturated carbocycles. The maximum Gasteiger partial charge on any atom is 0.261 e. The molecule has 316 valence electrons. The van der Waals surface area contributed by atoms with E-state index in [1.807, 2.05) is 48.6 Å². The molecule has 2 fully saturated rings. The van der Waals surface area contributed by atoms with Crippen LogP contribution in [0.4, 0.5) is 0 Å². The van der Waals surface area contributed by atoms with Crippen LogP contribution in [0.1, 0.15) is 106 Å². The summed E-state index contributed by atoms with van der Waals surface area (Å²) in [5, 5.41) is 6.92. The highest BCUT2D eigenvalue weighted by molar-refractivity contribution is 6.33. The average Bonchev–Trinajstić information content (AvgIpc) is 4.02. The fourth-order valence-electron chi connectivity index (χ4n) is 9.94. The predicted octanol–water partition coefficient (Wildman–Crippen LogP) is 5.51. The van der Waals surface area contributed by atoms with Crippen molar-refractivity contribution in [1.82, 2.24) is 30.2 Å². The maximum absolute atomic E-state index is 13.8. The van der Waals surface area contributed by atoms with Gasteiger partial charge in [-0.25, -0.2) is 0 Å². The molecule has 2 aromatic carbocycles. The summed E-state index contributed by atoms with van der Waals surface area (Å²) in [5.74, 6) is -0.403. The Morgan fingerprint density at radius 3 is 1.15 bits per heavy atom. The molecule has 12 heteroatoms. The number of amides is 6. The summed E-state index contributed by atoms with van der Waals surface area (Å²) in [6, 6.07) is 6.61. The number of imide groups is 2. The van der Waals surface area contributed by atoms with Crippen LogP contribution in [-0.4, -0.2) is 120 Å². The second kappa shape index (κ2) is 19.0. The maximum atomic E-state index is 13.8. The average molecular weight is 815 g/mol. The second-order valence-electron chi connectivity index (χ2n) is 17.3. The highest BCUT2D eigenvalue weighted by atomic mass is 16.2. The summed E-state index contributed by atoms with van der Waals surface area (Å²) < 4.78 is 0. The van der Waals surface area contributed by atoms with Crippen LogP contribution in [-0.2, 0) is 9.59 Å². The van der Waals surface area contributed by atoms with Gasteiger partial charge in [-0.15, -0.1) is 0 Å². The van der Waals surface area contributed by atoms with Gasteiger partial charge in [0.25, 0.3) is 23.6 Å². The summed E-state index contributed by atoms with van der Waals surface area (Å²) in [5.41, 5.74) is 1.44. The molecule has 6 aliphatic rings. The third kappa shape index (κ3) is 9.10. The first kappa shape index (κ1) is 41.5. The largest absolute Gasteiger partial charge is 0.355 e. The van der Waals surface area contributed by atoms with Gasteiger partial charge < -0.3 is 20.4 Å². The van der Waals surface area contributed by atoms with Crippen LogP contribution in [0.15, 0.2) is 72.9 Å². The highest BCUT2D eigenvalue weighted by Gasteiger charge is 2.39. The van der Waals surface area contributed by atoms with Crippen molar-refractivity contribution < 1.29 is 28.8 Å². The first-order chi connectivity index (χ1) is 29.3. The van der Waals surface area contributed by atoms with E-state index in [9.17, 15) is 28.8 Å². The van der Waals surface area contributed by atoms with E-state index in [2.05, 4.69) is 20.4 Å². The summed E-state index contributed by atoms with van der Waals surface area (Å²) >= 11 is 0. The Hall–Kier alpha value is -5.20. The molecule has 2 N–H and O–H groups in total. The number of allylic oxidation sites excluding steroid dienone is 4. The molecule has 0 unspecified atom stereocenters. The van der Waals surface area contributed by atoms with E-state index in [4.69, 9.17) is 0 Å². The Morgan fingerprint density at radius 1 is 0.483 bits per heavy atom. The number of hydrogen-bond donors (Lipinski definition) is 2. The van der Waals surface area contributed by atoms with E-state index in [0.717, 1.165) is 90.6 Å². The van der Waals surface area contributed by atoms with Crippen molar-refractivity contribution >= 4 is 46.2 Å². The molecular formula is C48H58N6O6. The van der Waals surface area contributed by atoms with E-state index in [1.165, 1.54) is 9.80 Å². The van der Waals surface area contributed by atoms with Crippen molar-refractivity contribution in [3.8, 4) is 0 Å². The lowest BCUT2D eigenvalue weighted by Crippen LogP contribution is -2.45. The molecule has 2 saturated heterocycles. The Morgan fingerprint density at radius 2 is 0.817 bits per heavy atom. The number of piperidine rings is 2. The molecule has 6 amide bonds. The molecule has 2 aromatic rings. The number of carbonyl (C=O) groups is 6. The highest BCUT2D eigenvalue weighted by Crippen LogP contribution is 2.38. The van der Waals surface area contributed by atoms with Gasteiger partial charge in [0.05, 0.1) is 11.8 Å². The smallest absolute Gasteiger partial charge is 0.261 e. The van der Waals surface area contributed by atoms with E-state index in [-0.39, 0.29) is 47.3 Å². The lowest BCUT2D eigenvalue weighted by Gasteiger charge is -2.34. The van der Waals surface area contributed by atoms with Crippen molar-refractivity contribution in [1.29, 1.82) is 0 Å². The second-order valence-corrected chi connectivity index (χ2v) is 17.3. The molecule has 12 nitrogen and oxygen atoms in total. The first-order valence-corrected chi connectivity index (χ1v) is 22.3. The predicted molar refractivity (Wildman–Crippen MR) is 230 cm³/mol. The van der Waals surface area contributed by atoms with E-state index in [1.54, 1.807) is 24.3 Å². The first-order valence-electron chi connectivity index (χ1n) is 22.3. The van der Waals surface area contributed by atoms with Gasteiger partial charge in [-0.2, -0.15) is 0 Å². The number of benzene rings is 2. The molecule has 4 aliphatic heterocycles. The SMILES string of the molecule is O=C(NCCCC1CCN(CCCN2C(=O)c3ccc4c5c(ccc(c35)C2=O)C(=O)N(CCCN2CCC(CCCNC(=O)C3C=CC=C3)CC2)C4=O)CC1)C1C=CC=C1. The van der Waals surface area contributed by atoms with Crippen molar-refractivity contribution in [3.63, 3.8) is 0 Å². The van der Waals surface area contributed by atoms with E-state index < -0.39 is 0 Å². The molecule has 0 spiro atoms. The van der Waals surface area contributed by atoms with Crippen LogP contribution in [0.2, 0.25) is 0 Å². The number of nitrogens with zero attached hydrogens (tertiary/aromatic N) is 4. The van der Waals surface area contributed by atoms with E-state index >= 15 is 0 Å². The van der Waals surface area contributed by atoms with Crippen LogP contribution in [0.25, 0.3) is 10.8 Å². The monoisotopic (exact) mass is 814 g/mol. The number of hydrogen-bond acceptors (Lipinski definition) is 8. The van der Waals surface area contributed by atoms with Crippen molar-refractivity contribution in [2.75, 3.05) is 65.4 Å². The van der Waals surface area contributed by atoms with Crippen molar-refractivity contribution in [2.24, 2.45) is 23.7 Å². The lowest BCUT2D eigenvalue weighted by molar-refractivity contribution is -0.123. The van der Waals surface area contributed by atoms with Crippen LogP contribution >= 0.6 is 0 Å².